The molecule has 0 bridgehead atoms. The van der Waals surface area contributed by atoms with E-state index in [4.69, 9.17) is 22.6 Å². The molecule has 1 atom stereocenters. The summed E-state index contributed by atoms with van der Waals surface area (Å²) in [6.07, 6.45) is 0.840. The van der Waals surface area contributed by atoms with Gasteiger partial charge < -0.3 is 5.73 Å². The molecule has 0 amide bonds. The van der Waals surface area contributed by atoms with Crippen molar-refractivity contribution in [2.75, 3.05) is 13.1 Å². The number of benzene rings is 2. The smallest absolute Gasteiger partial charge is 0.141 e. The number of likely N-dealkylation sites (tertiary alicyclic amines) is 1. The SMILES string of the molecule is C[C@]1(N)CCN(Cc2c(F)ccc(-c3ccc(C#N)c(F)c3)c2Cl)C1. The average molecular weight is 362 g/mol. The van der Waals surface area contributed by atoms with E-state index in [1.54, 1.807) is 12.1 Å². The molecule has 0 aliphatic carbocycles. The molecule has 0 unspecified atom stereocenters. The molecule has 2 aromatic rings. The van der Waals surface area contributed by atoms with Gasteiger partial charge in [-0.1, -0.05) is 17.7 Å². The van der Waals surface area contributed by atoms with Crippen molar-refractivity contribution in [1.29, 1.82) is 5.26 Å². The van der Waals surface area contributed by atoms with Crippen LogP contribution in [0, 0.1) is 23.0 Å². The van der Waals surface area contributed by atoms with Gasteiger partial charge in [-0.2, -0.15) is 5.26 Å². The Balaban J connectivity index is 1.95. The van der Waals surface area contributed by atoms with Crippen LogP contribution in [0.4, 0.5) is 8.78 Å². The molecule has 3 rings (SSSR count). The molecule has 1 fully saturated rings. The van der Waals surface area contributed by atoms with E-state index in [1.807, 2.05) is 6.92 Å². The standard InChI is InChI=1S/C19H18ClF2N3/c1-19(24)6-7-25(11-19)10-15-16(21)5-4-14(18(15)20)12-2-3-13(9-23)17(22)8-12/h2-5,8H,6-7,10-11,24H2,1H3/t19-/m0/s1. The number of hydrogen-bond donors (Lipinski definition) is 1. The summed E-state index contributed by atoms with van der Waals surface area (Å²) in [4.78, 5) is 2.06. The molecule has 3 nitrogen and oxygen atoms in total. The lowest BCUT2D eigenvalue weighted by Crippen LogP contribution is -2.39. The highest BCUT2D eigenvalue weighted by atomic mass is 35.5. The van der Waals surface area contributed by atoms with Crippen LogP contribution in [0.25, 0.3) is 11.1 Å². The van der Waals surface area contributed by atoms with Crippen molar-refractivity contribution in [2.24, 2.45) is 5.73 Å². The highest BCUT2D eigenvalue weighted by molar-refractivity contribution is 6.34. The normalized spacial score (nSPS) is 20.6. The lowest BCUT2D eigenvalue weighted by atomic mass is 10.0. The molecule has 1 heterocycles. The molecular formula is C19H18ClF2N3. The summed E-state index contributed by atoms with van der Waals surface area (Å²) < 4.78 is 28.2. The molecule has 0 radical (unpaired) electrons. The molecule has 6 heteroatoms. The van der Waals surface area contributed by atoms with Crippen LogP contribution in [-0.4, -0.2) is 23.5 Å². The van der Waals surface area contributed by atoms with E-state index in [9.17, 15) is 8.78 Å². The lowest BCUT2D eigenvalue weighted by molar-refractivity contribution is 0.305. The summed E-state index contributed by atoms with van der Waals surface area (Å²) in [7, 11) is 0. The number of halogens is 3. The molecular weight excluding hydrogens is 344 g/mol. The summed E-state index contributed by atoms with van der Waals surface area (Å²) in [5.41, 5.74) is 7.23. The Morgan fingerprint density at radius 3 is 2.64 bits per heavy atom. The van der Waals surface area contributed by atoms with Gasteiger partial charge in [-0.15, -0.1) is 0 Å². The predicted molar refractivity (Wildman–Crippen MR) is 94.0 cm³/mol. The Bertz CT molecular complexity index is 858. The number of hydrogen-bond acceptors (Lipinski definition) is 3. The molecule has 0 aromatic heterocycles. The topological polar surface area (TPSA) is 53.0 Å². The molecule has 25 heavy (non-hydrogen) atoms. The first kappa shape index (κ1) is 17.8. The van der Waals surface area contributed by atoms with Crippen molar-refractivity contribution in [1.82, 2.24) is 4.90 Å². The molecule has 1 aliphatic heterocycles. The number of nitrogens with two attached hydrogens (primary N) is 1. The fraction of sp³-hybridized carbons (Fsp3) is 0.316. The Morgan fingerprint density at radius 2 is 2.04 bits per heavy atom. The van der Waals surface area contributed by atoms with E-state index in [0.29, 0.717) is 29.8 Å². The first-order valence-electron chi connectivity index (χ1n) is 7.99. The van der Waals surface area contributed by atoms with Crippen molar-refractivity contribution in [3.05, 3.63) is 58.1 Å². The van der Waals surface area contributed by atoms with Gasteiger partial charge in [-0.05, 0) is 43.2 Å². The number of nitriles is 1. The van der Waals surface area contributed by atoms with Crippen molar-refractivity contribution < 1.29 is 8.78 Å². The van der Waals surface area contributed by atoms with E-state index in [0.717, 1.165) is 13.0 Å². The maximum Gasteiger partial charge on any atom is 0.141 e. The van der Waals surface area contributed by atoms with Gasteiger partial charge in [-0.25, -0.2) is 8.78 Å². The molecule has 2 aromatic carbocycles. The summed E-state index contributed by atoms with van der Waals surface area (Å²) >= 11 is 6.44. The zero-order chi connectivity index (χ0) is 18.2. The van der Waals surface area contributed by atoms with Gasteiger partial charge in [0.2, 0.25) is 0 Å². The maximum absolute atomic E-state index is 14.3. The van der Waals surface area contributed by atoms with E-state index >= 15 is 0 Å². The fourth-order valence-electron chi connectivity index (χ4n) is 3.18. The fourth-order valence-corrected chi connectivity index (χ4v) is 3.50. The first-order valence-corrected chi connectivity index (χ1v) is 8.37. The van der Waals surface area contributed by atoms with Crippen LogP contribution in [-0.2, 0) is 6.54 Å². The molecule has 0 saturated carbocycles. The predicted octanol–water partition coefficient (Wildman–Crippen LogP) is 4.08. The van der Waals surface area contributed by atoms with E-state index in [2.05, 4.69) is 4.90 Å². The average Bonchev–Trinajstić information content (AvgIpc) is 2.90. The minimum absolute atomic E-state index is 0.0403. The number of nitrogens with zero attached hydrogens (tertiary/aromatic N) is 2. The highest BCUT2D eigenvalue weighted by Gasteiger charge is 2.30. The van der Waals surface area contributed by atoms with Crippen LogP contribution < -0.4 is 5.73 Å². The van der Waals surface area contributed by atoms with Crippen molar-refractivity contribution in [3.8, 4) is 17.2 Å². The second kappa shape index (κ2) is 6.72. The summed E-state index contributed by atoms with van der Waals surface area (Å²) in [6.45, 7) is 3.77. The zero-order valence-electron chi connectivity index (χ0n) is 13.8. The Morgan fingerprint density at radius 1 is 1.28 bits per heavy atom. The van der Waals surface area contributed by atoms with Crippen LogP contribution in [0.5, 0.6) is 0 Å². The van der Waals surface area contributed by atoms with Crippen LogP contribution >= 0.6 is 11.6 Å². The summed E-state index contributed by atoms with van der Waals surface area (Å²) in [5.74, 6) is -1.02. The van der Waals surface area contributed by atoms with E-state index in [-0.39, 0.29) is 16.1 Å². The van der Waals surface area contributed by atoms with Crippen molar-refractivity contribution in [2.45, 2.75) is 25.4 Å². The van der Waals surface area contributed by atoms with Crippen LogP contribution in [0.1, 0.15) is 24.5 Å². The lowest BCUT2D eigenvalue weighted by Gasteiger charge is -2.21. The molecule has 2 N–H and O–H groups in total. The van der Waals surface area contributed by atoms with Gasteiger partial charge in [0.05, 0.1) is 10.6 Å². The van der Waals surface area contributed by atoms with Gasteiger partial charge in [0.1, 0.15) is 17.7 Å². The second-order valence-corrected chi connectivity index (χ2v) is 7.19. The third-order valence-electron chi connectivity index (χ3n) is 4.55. The summed E-state index contributed by atoms with van der Waals surface area (Å²) in [6, 6.07) is 8.89. The number of rotatable bonds is 3. The Hall–Kier alpha value is -2.00. The van der Waals surface area contributed by atoms with E-state index in [1.165, 1.54) is 24.3 Å². The Kier molecular flexibility index (Phi) is 4.79. The van der Waals surface area contributed by atoms with Crippen molar-refractivity contribution in [3.63, 3.8) is 0 Å². The van der Waals surface area contributed by atoms with Crippen LogP contribution in [0.15, 0.2) is 30.3 Å². The largest absolute Gasteiger partial charge is 0.324 e. The van der Waals surface area contributed by atoms with Crippen molar-refractivity contribution >= 4 is 11.6 Å². The van der Waals surface area contributed by atoms with Gasteiger partial charge in [-0.3, -0.25) is 4.90 Å². The Labute approximate surface area is 150 Å². The minimum atomic E-state index is -0.625. The molecule has 1 saturated heterocycles. The molecule has 1 aliphatic rings. The third-order valence-corrected chi connectivity index (χ3v) is 4.98. The van der Waals surface area contributed by atoms with Gasteiger partial charge in [0.25, 0.3) is 0 Å². The maximum atomic E-state index is 14.3. The van der Waals surface area contributed by atoms with Crippen LogP contribution in [0.2, 0.25) is 5.02 Å². The monoisotopic (exact) mass is 361 g/mol. The van der Waals surface area contributed by atoms with Gasteiger partial charge in [0.15, 0.2) is 0 Å². The summed E-state index contributed by atoms with van der Waals surface area (Å²) in [5, 5.41) is 9.09. The molecule has 0 spiro atoms. The highest BCUT2D eigenvalue weighted by Crippen LogP contribution is 2.34. The quantitative estimate of drug-likeness (QED) is 0.896. The second-order valence-electron chi connectivity index (χ2n) is 6.81. The molecule has 130 valence electrons. The van der Waals surface area contributed by atoms with E-state index < -0.39 is 11.6 Å². The van der Waals surface area contributed by atoms with Gasteiger partial charge in [0, 0.05) is 36.3 Å². The third kappa shape index (κ3) is 3.67. The minimum Gasteiger partial charge on any atom is -0.324 e. The van der Waals surface area contributed by atoms with Gasteiger partial charge >= 0.3 is 0 Å². The van der Waals surface area contributed by atoms with Crippen LogP contribution in [0.3, 0.4) is 0 Å². The first-order chi connectivity index (χ1) is 11.8. The zero-order valence-corrected chi connectivity index (χ0v) is 14.6.